The van der Waals surface area contributed by atoms with Crippen molar-refractivity contribution in [3.05, 3.63) is 36.7 Å². The highest BCUT2D eigenvalue weighted by atomic mass is 16.5. The van der Waals surface area contributed by atoms with Gasteiger partial charge in [0.2, 0.25) is 5.95 Å². The Kier molecular flexibility index (Phi) is 4.42. The summed E-state index contributed by atoms with van der Waals surface area (Å²) in [6.07, 6.45) is 11.0. The lowest BCUT2D eigenvalue weighted by Gasteiger charge is -2.50. The SMILES string of the molecule is COc1cc(Nc2ncc3c(n2)N(C)C2(COC2)CO3)cnc1-n1cnc(C2CCC2)c1. The smallest absolute Gasteiger partial charge is 0.229 e. The van der Waals surface area contributed by atoms with E-state index in [4.69, 9.17) is 14.2 Å². The van der Waals surface area contributed by atoms with E-state index in [1.807, 2.05) is 23.9 Å². The molecule has 0 aromatic carbocycles. The van der Waals surface area contributed by atoms with E-state index in [0.717, 1.165) is 17.2 Å². The lowest BCUT2D eigenvalue weighted by molar-refractivity contribution is -0.0796. The standard InChI is InChI=1S/C22H25N7O3/c1-28-20-18(32-12-22(28)10-31-11-22)8-24-21(27-20)26-15-6-17(30-2)19(23-7-15)29-9-16(25-13-29)14-4-3-5-14/h6-9,13-14H,3-5,10-12H2,1-2H3,(H,24,26,27). The zero-order valence-corrected chi connectivity index (χ0v) is 18.1. The van der Waals surface area contributed by atoms with E-state index in [2.05, 4.69) is 30.2 Å². The Balaban J connectivity index is 1.25. The van der Waals surface area contributed by atoms with Gasteiger partial charge in [-0.1, -0.05) is 6.42 Å². The highest BCUT2D eigenvalue weighted by Crippen LogP contribution is 2.39. The molecule has 0 atom stereocenters. The minimum Gasteiger partial charge on any atom is -0.493 e. The summed E-state index contributed by atoms with van der Waals surface area (Å²) in [6, 6.07) is 1.88. The second kappa shape index (κ2) is 7.33. The minimum atomic E-state index is -0.145. The Morgan fingerprint density at radius 3 is 2.72 bits per heavy atom. The number of methoxy groups -OCH3 is 1. The van der Waals surface area contributed by atoms with Crippen molar-refractivity contribution in [2.75, 3.05) is 44.2 Å². The fourth-order valence-electron chi connectivity index (χ4n) is 4.26. The van der Waals surface area contributed by atoms with Crippen molar-refractivity contribution in [2.24, 2.45) is 0 Å². The van der Waals surface area contributed by atoms with Gasteiger partial charge in [0.25, 0.3) is 0 Å². The number of anilines is 3. The summed E-state index contributed by atoms with van der Waals surface area (Å²) in [5.41, 5.74) is 1.70. The number of hydrogen-bond acceptors (Lipinski definition) is 9. The van der Waals surface area contributed by atoms with Crippen LogP contribution < -0.4 is 19.7 Å². The summed E-state index contributed by atoms with van der Waals surface area (Å²) in [5, 5.41) is 3.23. The van der Waals surface area contributed by atoms with E-state index in [9.17, 15) is 0 Å². The van der Waals surface area contributed by atoms with Crippen LogP contribution in [0.4, 0.5) is 17.5 Å². The molecule has 1 saturated carbocycles. The van der Waals surface area contributed by atoms with Crippen molar-refractivity contribution in [3.8, 4) is 17.3 Å². The average Bonchev–Trinajstić information content (AvgIpc) is 3.21. The van der Waals surface area contributed by atoms with Crippen LogP contribution in [-0.2, 0) is 4.74 Å². The quantitative estimate of drug-likeness (QED) is 0.648. The van der Waals surface area contributed by atoms with E-state index < -0.39 is 0 Å². The van der Waals surface area contributed by atoms with Gasteiger partial charge in [0.1, 0.15) is 18.5 Å². The van der Waals surface area contributed by atoms with Crippen LogP contribution in [0, 0.1) is 0 Å². The molecule has 1 N–H and O–H groups in total. The largest absolute Gasteiger partial charge is 0.493 e. The van der Waals surface area contributed by atoms with Crippen molar-refractivity contribution < 1.29 is 14.2 Å². The molecule has 5 heterocycles. The number of aromatic nitrogens is 5. The molecule has 10 nitrogen and oxygen atoms in total. The van der Waals surface area contributed by atoms with Gasteiger partial charge in [0, 0.05) is 25.2 Å². The molecule has 1 aliphatic carbocycles. The maximum atomic E-state index is 5.87. The molecular weight excluding hydrogens is 410 g/mol. The zero-order chi connectivity index (χ0) is 21.7. The van der Waals surface area contributed by atoms with Gasteiger partial charge in [-0.2, -0.15) is 4.98 Å². The van der Waals surface area contributed by atoms with E-state index in [1.165, 1.54) is 19.3 Å². The molecule has 10 heteroatoms. The minimum absolute atomic E-state index is 0.145. The van der Waals surface area contributed by atoms with Crippen LogP contribution in [0.25, 0.3) is 5.82 Å². The number of nitrogens with zero attached hydrogens (tertiary/aromatic N) is 6. The van der Waals surface area contributed by atoms with Crippen LogP contribution in [0.15, 0.2) is 31.0 Å². The molecule has 2 aliphatic heterocycles. The molecule has 0 unspecified atom stereocenters. The Bertz CT molecular complexity index is 1160. The molecule has 3 aromatic heterocycles. The van der Waals surface area contributed by atoms with E-state index in [0.29, 0.717) is 49.0 Å². The van der Waals surface area contributed by atoms with Gasteiger partial charge in [0.05, 0.1) is 44.1 Å². The first-order chi connectivity index (χ1) is 15.6. The van der Waals surface area contributed by atoms with Gasteiger partial charge < -0.3 is 24.4 Å². The van der Waals surface area contributed by atoms with Gasteiger partial charge in [-0.15, -0.1) is 0 Å². The first-order valence-corrected chi connectivity index (χ1v) is 10.8. The molecule has 3 aliphatic rings. The third-order valence-corrected chi connectivity index (χ3v) is 6.68. The number of pyridine rings is 1. The summed E-state index contributed by atoms with van der Waals surface area (Å²) < 4.78 is 18.8. The Morgan fingerprint density at radius 1 is 1.12 bits per heavy atom. The number of likely N-dealkylation sites (N-methyl/N-ethyl adjacent to an activating group) is 1. The molecular formula is C22H25N7O3. The maximum Gasteiger partial charge on any atom is 0.229 e. The van der Waals surface area contributed by atoms with E-state index >= 15 is 0 Å². The molecule has 166 valence electrons. The highest BCUT2D eigenvalue weighted by Gasteiger charge is 2.47. The van der Waals surface area contributed by atoms with E-state index in [1.54, 1.807) is 25.8 Å². The summed E-state index contributed by atoms with van der Waals surface area (Å²) >= 11 is 0. The number of imidazole rings is 1. The third-order valence-electron chi connectivity index (χ3n) is 6.68. The molecule has 2 fully saturated rings. The first-order valence-electron chi connectivity index (χ1n) is 10.8. The van der Waals surface area contributed by atoms with Gasteiger partial charge >= 0.3 is 0 Å². The molecule has 0 bridgehead atoms. The summed E-state index contributed by atoms with van der Waals surface area (Å²) in [7, 11) is 3.65. The van der Waals surface area contributed by atoms with E-state index in [-0.39, 0.29) is 5.54 Å². The highest BCUT2D eigenvalue weighted by molar-refractivity contribution is 5.62. The predicted octanol–water partition coefficient (Wildman–Crippen LogP) is 2.67. The van der Waals surface area contributed by atoms with Gasteiger partial charge in [0.15, 0.2) is 23.1 Å². The molecule has 1 saturated heterocycles. The molecule has 1 spiro atoms. The second-order valence-corrected chi connectivity index (χ2v) is 8.65. The summed E-state index contributed by atoms with van der Waals surface area (Å²) in [5.74, 6) is 3.78. The van der Waals surface area contributed by atoms with Crippen molar-refractivity contribution in [1.82, 2.24) is 24.5 Å². The monoisotopic (exact) mass is 435 g/mol. The lowest BCUT2D eigenvalue weighted by Crippen LogP contribution is -2.66. The summed E-state index contributed by atoms with van der Waals surface area (Å²) in [4.78, 5) is 20.4. The lowest BCUT2D eigenvalue weighted by atomic mass is 9.83. The Labute approximate surface area is 185 Å². The van der Waals surface area contributed by atoms with Crippen molar-refractivity contribution in [3.63, 3.8) is 0 Å². The van der Waals surface area contributed by atoms with Crippen molar-refractivity contribution in [2.45, 2.75) is 30.7 Å². The molecule has 0 amide bonds. The fourth-order valence-corrected chi connectivity index (χ4v) is 4.26. The van der Waals surface area contributed by atoms with Crippen LogP contribution in [0.1, 0.15) is 30.9 Å². The zero-order valence-electron chi connectivity index (χ0n) is 18.1. The number of ether oxygens (including phenoxy) is 3. The van der Waals surface area contributed by atoms with Crippen LogP contribution >= 0.6 is 0 Å². The number of rotatable bonds is 5. The van der Waals surface area contributed by atoms with Crippen molar-refractivity contribution >= 4 is 17.5 Å². The molecule has 32 heavy (non-hydrogen) atoms. The molecule has 6 rings (SSSR count). The normalized spacial score (nSPS) is 19.0. The van der Waals surface area contributed by atoms with Crippen LogP contribution in [0.3, 0.4) is 0 Å². The number of fused-ring (bicyclic) bond motifs is 1. The van der Waals surface area contributed by atoms with Gasteiger partial charge in [-0.25, -0.2) is 15.0 Å². The molecule has 3 aromatic rings. The Morgan fingerprint density at radius 2 is 2.00 bits per heavy atom. The fraction of sp³-hybridized carbons (Fsp3) is 0.455. The number of hydrogen-bond donors (Lipinski definition) is 1. The number of nitrogens with one attached hydrogen (secondary N) is 1. The topological polar surface area (TPSA) is 99.5 Å². The van der Waals surface area contributed by atoms with Crippen molar-refractivity contribution in [1.29, 1.82) is 0 Å². The van der Waals surface area contributed by atoms with Crippen LogP contribution in [0.2, 0.25) is 0 Å². The van der Waals surface area contributed by atoms with Crippen LogP contribution in [-0.4, -0.2) is 64.0 Å². The average molecular weight is 435 g/mol. The summed E-state index contributed by atoms with van der Waals surface area (Å²) in [6.45, 7) is 1.84. The Hall–Kier alpha value is -3.40. The second-order valence-electron chi connectivity index (χ2n) is 8.65. The first kappa shape index (κ1) is 19.3. The predicted molar refractivity (Wildman–Crippen MR) is 117 cm³/mol. The van der Waals surface area contributed by atoms with Crippen LogP contribution in [0.5, 0.6) is 11.5 Å². The van der Waals surface area contributed by atoms with Gasteiger partial charge in [-0.3, -0.25) is 4.57 Å². The maximum absolute atomic E-state index is 5.87. The molecule has 0 radical (unpaired) electrons. The van der Waals surface area contributed by atoms with Gasteiger partial charge in [-0.05, 0) is 12.8 Å². The third kappa shape index (κ3) is 3.05.